The summed E-state index contributed by atoms with van der Waals surface area (Å²) in [6.45, 7) is 1.41. The topological polar surface area (TPSA) is 66.4 Å². The number of benzene rings is 1. The van der Waals surface area contributed by atoms with E-state index in [1.807, 2.05) is 36.4 Å². The molecule has 0 aromatic heterocycles. The first kappa shape index (κ1) is 13.7. The molecule has 1 aromatic carbocycles. The van der Waals surface area contributed by atoms with Crippen molar-refractivity contribution in [3.63, 3.8) is 0 Å². The lowest BCUT2D eigenvalue weighted by atomic mass is 10.2. The first-order valence-corrected chi connectivity index (χ1v) is 5.52. The molecule has 0 spiro atoms. The van der Waals surface area contributed by atoms with Crippen LogP contribution >= 0.6 is 0 Å². The molecule has 1 rings (SSSR count). The summed E-state index contributed by atoms with van der Waals surface area (Å²) in [5, 5.41) is 10.9. The Morgan fingerprint density at radius 1 is 1.22 bits per heavy atom. The molecule has 1 atom stereocenters. The van der Waals surface area contributed by atoms with Gasteiger partial charge in [-0.3, -0.25) is 9.59 Å². The summed E-state index contributed by atoms with van der Waals surface area (Å²) < 4.78 is 0. The number of aliphatic carboxylic acids is 1. The second kappa shape index (κ2) is 7.06. The number of allylic oxidation sites excluding steroid dienone is 2. The van der Waals surface area contributed by atoms with E-state index in [1.165, 1.54) is 13.0 Å². The van der Waals surface area contributed by atoms with Crippen molar-refractivity contribution in [1.82, 2.24) is 5.32 Å². The third-order valence-corrected chi connectivity index (χ3v) is 2.18. The Hall–Kier alpha value is -2.36. The van der Waals surface area contributed by atoms with E-state index >= 15 is 0 Å². The molecule has 1 amide bonds. The van der Waals surface area contributed by atoms with Gasteiger partial charge in [-0.25, -0.2) is 0 Å². The molecule has 0 fully saturated rings. The van der Waals surface area contributed by atoms with E-state index < -0.39 is 17.9 Å². The minimum absolute atomic E-state index is 0.428. The summed E-state index contributed by atoms with van der Waals surface area (Å²) in [6, 6.07) is 8.76. The molecule has 18 heavy (non-hydrogen) atoms. The molecule has 0 bridgehead atoms. The molecule has 4 nitrogen and oxygen atoms in total. The number of carbonyl (C=O) groups excluding carboxylic acids is 1. The maximum absolute atomic E-state index is 11.3. The molecule has 0 saturated heterocycles. The van der Waals surface area contributed by atoms with E-state index in [0.717, 1.165) is 5.56 Å². The summed E-state index contributed by atoms with van der Waals surface area (Å²) in [6.07, 6.45) is 6.43. The third kappa shape index (κ3) is 5.12. The van der Waals surface area contributed by atoms with Gasteiger partial charge in [0.05, 0.1) is 0 Å². The summed E-state index contributed by atoms with van der Waals surface area (Å²) >= 11 is 0. The van der Waals surface area contributed by atoms with Crippen molar-refractivity contribution in [2.75, 3.05) is 0 Å². The second-order valence-corrected chi connectivity index (χ2v) is 3.70. The number of carbonyl (C=O) groups is 2. The first-order valence-electron chi connectivity index (χ1n) is 5.52. The number of amides is 1. The van der Waals surface area contributed by atoms with Gasteiger partial charge < -0.3 is 10.4 Å². The van der Waals surface area contributed by atoms with Gasteiger partial charge in [-0.2, -0.15) is 0 Å². The molecular weight excluding hydrogens is 230 g/mol. The molecule has 1 aromatic rings. The minimum atomic E-state index is -1.06. The standard InChI is InChI=1S/C14H15NO3/c1-11(14(17)18)15-13(16)10-6-5-9-12-7-3-2-4-8-12/h2-11H,1H3,(H,15,16)(H,17,18)/b9-5+,10-6+. The number of carboxylic acid groups (broad SMARTS) is 1. The van der Waals surface area contributed by atoms with Crippen molar-refractivity contribution in [2.45, 2.75) is 13.0 Å². The molecular formula is C14H15NO3. The molecule has 0 aliphatic rings. The quantitative estimate of drug-likeness (QED) is 0.614. The fourth-order valence-electron chi connectivity index (χ4n) is 1.20. The van der Waals surface area contributed by atoms with Crippen LogP contribution in [0.4, 0.5) is 0 Å². The minimum Gasteiger partial charge on any atom is -0.480 e. The number of nitrogens with one attached hydrogen (secondary N) is 1. The highest BCUT2D eigenvalue weighted by Gasteiger charge is 2.11. The number of rotatable bonds is 5. The summed E-state index contributed by atoms with van der Waals surface area (Å²) in [4.78, 5) is 21.8. The highest BCUT2D eigenvalue weighted by atomic mass is 16.4. The number of carboxylic acids is 1. The Morgan fingerprint density at radius 3 is 2.50 bits per heavy atom. The van der Waals surface area contributed by atoms with Gasteiger partial charge in [-0.05, 0) is 12.5 Å². The van der Waals surface area contributed by atoms with E-state index in [2.05, 4.69) is 5.32 Å². The predicted molar refractivity (Wildman–Crippen MR) is 69.9 cm³/mol. The zero-order chi connectivity index (χ0) is 13.4. The van der Waals surface area contributed by atoms with Gasteiger partial charge in [-0.15, -0.1) is 0 Å². The van der Waals surface area contributed by atoms with Crippen LogP contribution < -0.4 is 5.32 Å². The average molecular weight is 245 g/mol. The van der Waals surface area contributed by atoms with Crippen molar-refractivity contribution >= 4 is 18.0 Å². The van der Waals surface area contributed by atoms with Crippen LogP contribution in [0.3, 0.4) is 0 Å². The molecule has 2 N–H and O–H groups in total. The molecule has 0 aliphatic heterocycles. The zero-order valence-electron chi connectivity index (χ0n) is 10.0. The van der Waals surface area contributed by atoms with Gasteiger partial charge in [0, 0.05) is 6.08 Å². The molecule has 0 saturated carbocycles. The normalized spacial score (nSPS) is 12.7. The first-order chi connectivity index (χ1) is 8.59. The fraction of sp³-hybridized carbons (Fsp3) is 0.143. The van der Waals surface area contributed by atoms with Crippen LogP contribution in [0.25, 0.3) is 6.08 Å². The highest BCUT2D eigenvalue weighted by Crippen LogP contribution is 2.00. The molecule has 0 heterocycles. The van der Waals surface area contributed by atoms with Crippen LogP contribution in [-0.2, 0) is 9.59 Å². The Balaban J connectivity index is 2.43. The maximum atomic E-state index is 11.3. The Bertz CT molecular complexity index is 463. The lowest BCUT2D eigenvalue weighted by molar-refractivity contribution is -0.140. The van der Waals surface area contributed by atoms with E-state index in [4.69, 9.17) is 5.11 Å². The zero-order valence-corrected chi connectivity index (χ0v) is 10.0. The van der Waals surface area contributed by atoms with Crippen LogP contribution in [0.2, 0.25) is 0 Å². The van der Waals surface area contributed by atoms with E-state index in [1.54, 1.807) is 12.2 Å². The van der Waals surface area contributed by atoms with Crippen LogP contribution in [0.1, 0.15) is 12.5 Å². The predicted octanol–water partition coefficient (Wildman–Crippen LogP) is 1.85. The van der Waals surface area contributed by atoms with Crippen LogP contribution in [0, 0.1) is 0 Å². The van der Waals surface area contributed by atoms with Gasteiger partial charge in [0.2, 0.25) is 5.91 Å². The summed E-state index contributed by atoms with van der Waals surface area (Å²) in [7, 11) is 0. The Labute approximate surface area is 106 Å². The number of hydrogen-bond acceptors (Lipinski definition) is 2. The van der Waals surface area contributed by atoms with Crippen molar-refractivity contribution in [3.05, 3.63) is 54.1 Å². The summed E-state index contributed by atoms with van der Waals surface area (Å²) in [5.74, 6) is -1.49. The molecule has 0 radical (unpaired) electrons. The second-order valence-electron chi connectivity index (χ2n) is 3.70. The maximum Gasteiger partial charge on any atom is 0.325 e. The molecule has 1 unspecified atom stereocenters. The van der Waals surface area contributed by atoms with Crippen molar-refractivity contribution in [2.24, 2.45) is 0 Å². The number of hydrogen-bond donors (Lipinski definition) is 2. The van der Waals surface area contributed by atoms with Gasteiger partial charge >= 0.3 is 5.97 Å². The smallest absolute Gasteiger partial charge is 0.325 e. The van der Waals surface area contributed by atoms with E-state index in [9.17, 15) is 9.59 Å². The lowest BCUT2D eigenvalue weighted by Gasteiger charge is -2.05. The Kier molecular flexibility index (Phi) is 5.38. The van der Waals surface area contributed by atoms with Crippen LogP contribution in [0.5, 0.6) is 0 Å². The third-order valence-electron chi connectivity index (χ3n) is 2.18. The van der Waals surface area contributed by atoms with E-state index in [-0.39, 0.29) is 0 Å². The molecule has 0 aliphatic carbocycles. The fourth-order valence-corrected chi connectivity index (χ4v) is 1.20. The van der Waals surface area contributed by atoms with Gasteiger partial charge in [0.1, 0.15) is 6.04 Å². The Morgan fingerprint density at radius 2 is 1.89 bits per heavy atom. The molecule has 94 valence electrons. The van der Waals surface area contributed by atoms with Crippen molar-refractivity contribution < 1.29 is 14.7 Å². The largest absolute Gasteiger partial charge is 0.480 e. The SMILES string of the molecule is CC(NC(=O)/C=C/C=C/c1ccccc1)C(=O)O. The van der Waals surface area contributed by atoms with Gasteiger partial charge in [0.15, 0.2) is 0 Å². The summed E-state index contributed by atoms with van der Waals surface area (Å²) in [5.41, 5.74) is 1.03. The van der Waals surface area contributed by atoms with Crippen LogP contribution in [-0.4, -0.2) is 23.0 Å². The molecule has 4 heteroatoms. The monoisotopic (exact) mass is 245 g/mol. The van der Waals surface area contributed by atoms with E-state index in [0.29, 0.717) is 0 Å². The van der Waals surface area contributed by atoms with Crippen LogP contribution in [0.15, 0.2) is 48.6 Å². The van der Waals surface area contributed by atoms with Crippen molar-refractivity contribution in [1.29, 1.82) is 0 Å². The van der Waals surface area contributed by atoms with Gasteiger partial charge in [-0.1, -0.05) is 48.6 Å². The highest BCUT2D eigenvalue weighted by molar-refractivity contribution is 5.91. The average Bonchev–Trinajstić information content (AvgIpc) is 2.35. The van der Waals surface area contributed by atoms with Crippen molar-refractivity contribution in [3.8, 4) is 0 Å². The van der Waals surface area contributed by atoms with Gasteiger partial charge in [0.25, 0.3) is 0 Å². The lowest BCUT2D eigenvalue weighted by Crippen LogP contribution is -2.37.